The lowest BCUT2D eigenvalue weighted by molar-refractivity contribution is -0.137. The molecule has 1 aromatic heterocycles. The first-order valence-corrected chi connectivity index (χ1v) is 10.0. The number of fused-ring (bicyclic) bond motifs is 2. The Bertz CT molecular complexity index is 894. The number of aromatic nitrogens is 1. The molecule has 0 bridgehead atoms. The summed E-state index contributed by atoms with van der Waals surface area (Å²) in [6, 6.07) is 11.3. The van der Waals surface area contributed by atoms with E-state index >= 15 is 0 Å². The van der Waals surface area contributed by atoms with Gasteiger partial charge in [-0.2, -0.15) is 0 Å². The van der Waals surface area contributed by atoms with Crippen LogP contribution in [0.1, 0.15) is 15.9 Å². The predicted molar refractivity (Wildman–Crippen MR) is 104 cm³/mol. The molecule has 2 aromatic rings. The molecule has 29 heavy (non-hydrogen) atoms. The van der Waals surface area contributed by atoms with Gasteiger partial charge in [0.1, 0.15) is 5.75 Å². The molecule has 1 aromatic carbocycles. The molecule has 5 rings (SSSR count). The Hall–Kier alpha value is -2.93. The first-order chi connectivity index (χ1) is 14.2. The average Bonchev–Trinajstić information content (AvgIpc) is 3.46. The number of nitrogens with zero attached hydrogens (tertiary/aromatic N) is 2. The van der Waals surface area contributed by atoms with E-state index in [9.17, 15) is 9.59 Å². The smallest absolute Gasteiger partial charge is 0.264 e. The van der Waals surface area contributed by atoms with Crippen LogP contribution in [0.5, 0.6) is 5.75 Å². The van der Waals surface area contributed by atoms with Crippen LogP contribution < -0.4 is 10.1 Å². The van der Waals surface area contributed by atoms with Crippen molar-refractivity contribution in [2.24, 2.45) is 11.8 Å². The van der Waals surface area contributed by atoms with Crippen LogP contribution in [0.3, 0.4) is 0 Å². The van der Waals surface area contributed by atoms with E-state index in [1.807, 2.05) is 29.2 Å². The van der Waals surface area contributed by atoms with Gasteiger partial charge in [0.15, 0.2) is 6.10 Å². The lowest BCUT2D eigenvalue weighted by Crippen LogP contribution is -2.41. The number of nitrogens with one attached hydrogen (secondary N) is 1. The van der Waals surface area contributed by atoms with Crippen LogP contribution in [-0.2, 0) is 16.0 Å². The van der Waals surface area contributed by atoms with E-state index in [0.29, 0.717) is 38.2 Å². The van der Waals surface area contributed by atoms with Crippen LogP contribution in [0.4, 0.5) is 0 Å². The van der Waals surface area contributed by atoms with Crippen molar-refractivity contribution < 1.29 is 19.1 Å². The van der Waals surface area contributed by atoms with Crippen molar-refractivity contribution in [3.8, 4) is 5.75 Å². The van der Waals surface area contributed by atoms with Crippen molar-refractivity contribution >= 4 is 11.8 Å². The summed E-state index contributed by atoms with van der Waals surface area (Å²) in [5.41, 5.74) is 1.63. The van der Waals surface area contributed by atoms with E-state index in [1.165, 1.54) is 0 Å². The second kappa shape index (κ2) is 7.48. The number of ether oxygens (including phenoxy) is 2. The van der Waals surface area contributed by atoms with E-state index in [2.05, 4.69) is 10.3 Å². The van der Waals surface area contributed by atoms with Gasteiger partial charge in [-0.25, -0.2) is 0 Å². The van der Waals surface area contributed by atoms with Crippen LogP contribution in [0.15, 0.2) is 48.8 Å². The summed E-state index contributed by atoms with van der Waals surface area (Å²) in [4.78, 5) is 31.1. The lowest BCUT2D eigenvalue weighted by Gasteiger charge is -2.22. The van der Waals surface area contributed by atoms with E-state index < -0.39 is 6.10 Å². The van der Waals surface area contributed by atoms with Crippen LogP contribution in [0, 0.1) is 11.8 Å². The van der Waals surface area contributed by atoms with Crippen LogP contribution in [-0.4, -0.2) is 60.1 Å². The van der Waals surface area contributed by atoms with Crippen molar-refractivity contribution in [1.82, 2.24) is 15.2 Å². The van der Waals surface area contributed by atoms with Crippen molar-refractivity contribution in [1.29, 1.82) is 0 Å². The topological polar surface area (TPSA) is 80.8 Å². The molecule has 0 saturated carbocycles. The highest BCUT2D eigenvalue weighted by Crippen LogP contribution is 2.35. The summed E-state index contributed by atoms with van der Waals surface area (Å²) in [7, 11) is 0. The minimum Gasteiger partial charge on any atom is -0.480 e. The maximum absolute atomic E-state index is 13.0. The normalized spacial score (nSPS) is 27.2. The molecule has 1 N–H and O–H groups in total. The monoisotopic (exact) mass is 393 g/mol. The van der Waals surface area contributed by atoms with Crippen molar-refractivity contribution in [3.05, 3.63) is 59.9 Å². The minimum atomic E-state index is -0.449. The van der Waals surface area contributed by atoms with Gasteiger partial charge in [-0.1, -0.05) is 18.2 Å². The zero-order valence-electron chi connectivity index (χ0n) is 16.0. The first kappa shape index (κ1) is 18.1. The number of para-hydroxylation sites is 1. The number of hydrogen-bond acceptors (Lipinski definition) is 5. The van der Waals surface area contributed by atoms with Gasteiger partial charge in [0.05, 0.1) is 18.3 Å². The third-order valence-electron chi connectivity index (χ3n) is 6.12. The summed E-state index contributed by atoms with van der Waals surface area (Å²) >= 11 is 0. The Morgan fingerprint density at radius 3 is 2.90 bits per heavy atom. The number of likely N-dealkylation sites (tertiary alicyclic amines) is 1. The summed E-state index contributed by atoms with van der Waals surface area (Å²) in [5, 5.41) is 2.98. The van der Waals surface area contributed by atoms with Gasteiger partial charge in [-0.3, -0.25) is 14.6 Å². The number of carbonyl (C=O) groups is 2. The molecule has 2 fully saturated rings. The molecular weight excluding hydrogens is 370 g/mol. The first-order valence-electron chi connectivity index (χ1n) is 10.0. The van der Waals surface area contributed by atoms with Crippen LogP contribution >= 0.6 is 0 Å². The zero-order valence-corrected chi connectivity index (χ0v) is 16.0. The van der Waals surface area contributed by atoms with Crippen molar-refractivity contribution in [2.75, 3.05) is 26.2 Å². The third-order valence-corrected chi connectivity index (χ3v) is 6.12. The Kier molecular flexibility index (Phi) is 4.67. The molecule has 3 aliphatic heterocycles. The number of rotatable bonds is 4. The van der Waals surface area contributed by atoms with Crippen LogP contribution in [0.2, 0.25) is 0 Å². The molecule has 2 saturated heterocycles. The summed E-state index contributed by atoms with van der Waals surface area (Å²) in [6.07, 6.45) is 3.40. The largest absolute Gasteiger partial charge is 0.480 e. The quantitative estimate of drug-likeness (QED) is 0.847. The SMILES string of the molecule is O=C(NC[C@H]1CO[C@@H]2CN(C(=O)[C@H]3Cc4ccccc4O3)C[C@H]12)c1cccnc1. The fraction of sp³-hybridized carbons (Fsp3) is 0.409. The van der Waals surface area contributed by atoms with Gasteiger partial charge in [0, 0.05) is 50.3 Å². The maximum Gasteiger partial charge on any atom is 0.264 e. The van der Waals surface area contributed by atoms with E-state index in [1.54, 1.807) is 24.5 Å². The molecule has 0 radical (unpaired) electrons. The fourth-order valence-electron chi connectivity index (χ4n) is 4.54. The van der Waals surface area contributed by atoms with Gasteiger partial charge in [0.2, 0.25) is 0 Å². The highest BCUT2D eigenvalue weighted by atomic mass is 16.5. The molecule has 7 heteroatoms. The molecule has 2 amide bonds. The maximum atomic E-state index is 13.0. The average molecular weight is 393 g/mol. The van der Waals surface area contributed by atoms with Crippen molar-refractivity contribution in [2.45, 2.75) is 18.6 Å². The van der Waals surface area contributed by atoms with Gasteiger partial charge in [-0.05, 0) is 23.8 Å². The Balaban J connectivity index is 1.17. The standard InChI is InChI=1S/C22H23N3O4/c26-21(15-5-3-7-23-9-15)24-10-16-13-28-20-12-25(11-17(16)20)22(27)19-8-14-4-1-2-6-18(14)29-19/h1-7,9,16-17,19-20H,8,10-13H2,(H,24,26)/t16-,17+,19+,20+/m0/s1. The highest BCUT2D eigenvalue weighted by molar-refractivity contribution is 5.93. The second-order valence-electron chi connectivity index (χ2n) is 7.91. The summed E-state index contributed by atoms with van der Waals surface area (Å²) < 4.78 is 11.8. The van der Waals surface area contributed by atoms with E-state index in [0.717, 1.165) is 11.3 Å². The number of hydrogen-bond donors (Lipinski definition) is 1. The van der Waals surface area contributed by atoms with Crippen molar-refractivity contribution in [3.63, 3.8) is 0 Å². The van der Waals surface area contributed by atoms with Gasteiger partial charge < -0.3 is 19.7 Å². The predicted octanol–water partition coefficient (Wildman–Crippen LogP) is 1.29. The van der Waals surface area contributed by atoms with E-state index in [-0.39, 0.29) is 29.8 Å². The Labute approximate surface area is 169 Å². The zero-order chi connectivity index (χ0) is 19.8. The third kappa shape index (κ3) is 3.46. The number of carbonyl (C=O) groups excluding carboxylic acids is 2. The van der Waals surface area contributed by atoms with Gasteiger partial charge in [-0.15, -0.1) is 0 Å². The molecule has 4 heterocycles. The minimum absolute atomic E-state index is 0.0253. The Morgan fingerprint density at radius 2 is 2.07 bits per heavy atom. The molecule has 4 atom stereocenters. The highest BCUT2D eigenvalue weighted by Gasteiger charge is 2.47. The van der Waals surface area contributed by atoms with E-state index in [4.69, 9.17) is 9.47 Å². The summed E-state index contributed by atoms with van der Waals surface area (Å²) in [6.45, 7) is 2.37. The lowest BCUT2D eigenvalue weighted by atomic mass is 9.93. The number of benzene rings is 1. The molecule has 3 aliphatic rings. The van der Waals surface area contributed by atoms with Crippen LogP contribution in [0.25, 0.3) is 0 Å². The van der Waals surface area contributed by atoms with Gasteiger partial charge in [0.25, 0.3) is 11.8 Å². The Morgan fingerprint density at radius 1 is 1.17 bits per heavy atom. The number of amides is 2. The molecule has 150 valence electrons. The summed E-state index contributed by atoms with van der Waals surface area (Å²) in [5.74, 6) is 1.12. The fourth-order valence-corrected chi connectivity index (χ4v) is 4.54. The molecule has 0 aliphatic carbocycles. The molecular formula is C22H23N3O4. The van der Waals surface area contributed by atoms with Gasteiger partial charge >= 0.3 is 0 Å². The second-order valence-corrected chi connectivity index (χ2v) is 7.91. The number of pyridine rings is 1. The molecule has 7 nitrogen and oxygen atoms in total. The molecule has 0 unspecified atom stereocenters. The molecule has 0 spiro atoms.